The Morgan fingerprint density at radius 3 is 2.43 bits per heavy atom. The molecule has 2 N–H and O–H groups in total. The standard InChI is InChI=1S/C21H21FN2O4/c1-3-27-20(25)18-13(2)23-21(26)24-19(18)15-6-10-17(11-7-15)28-12-14-4-8-16(22)9-5-14/h4-11,19H,3,12H2,1-2H3,(H2,23,24,26)/t19-/m0/s1. The molecule has 0 aromatic heterocycles. The van der Waals surface area contributed by atoms with Crippen LogP contribution in [0, 0.1) is 5.82 Å². The van der Waals surface area contributed by atoms with E-state index < -0.39 is 12.0 Å². The zero-order valence-corrected chi connectivity index (χ0v) is 15.6. The first-order chi connectivity index (χ1) is 13.5. The Labute approximate surface area is 162 Å². The lowest BCUT2D eigenvalue weighted by Crippen LogP contribution is -2.45. The molecular weight excluding hydrogens is 363 g/mol. The summed E-state index contributed by atoms with van der Waals surface area (Å²) >= 11 is 0. The number of benzene rings is 2. The number of hydrogen-bond acceptors (Lipinski definition) is 4. The van der Waals surface area contributed by atoms with Gasteiger partial charge in [-0.3, -0.25) is 0 Å². The lowest BCUT2D eigenvalue weighted by Gasteiger charge is -2.28. The molecule has 1 aliphatic heterocycles. The van der Waals surface area contributed by atoms with E-state index >= 15 is 0 Å². The van der Waals surface area contributed by atoms with Crippen LogP contribution in [0.15, 0.2) is 59.8 Å². The highest BCUT2D eigenvalue weighted by Gasteiger charge is 2.32. The van der Waals surface area contributed by atoms with Crippen LogP contribution in [0.3, 0.4) is 0 Å². The third kappa shape index (κ3) is 4.49. The first-order valence-electron chi connectivity index (χ1n) is 8.90. The smallest absolute Gasteiger partial charge is 0.338 e. The van der Waals surface area contributed by atoms with Gasteiger partial charge in [0.15, 0.2) is 0 Å². The van der Waals surface area contributed by atoms with Crippen molar-refractivity contribution in [3.05, 3.63) is 76.7 Å². The first-order valence-corrected chi connectivity index (χ1v) is 8.90. The minimum absolute atomic E-state index is 0.243. The largest absolute Gasteiger partial charge is 0.489 e. The van der Waals surface area contributed by atoms with E-state index in [4.69, 9.17) is 9.47 Å². The zero-order valence-electron chi connectivity index (χ0n) is 15.6. The van der Waals surface area contributed by atoms with Crippen molar-refractivity contribution in [2.75, 3.05) is 6.61 Å². The van der Waals surface area contributed by atoms with Gasteiger partial charge in [0, 0.05) is 5.70 Å². The Kier molecular flexibility index (Phi) is 5.93. The van der Waals surface area contributed by atoms with Gasteiger partial charge in [0.05, 0.1) is 18.2 Å². The minimum Gasteiger partial charge on any atom is -0.489 e. The fraction of sp³-hybridized carbons (Fsp3) is 0.238. The number of amides is 2. The molecule has 2 aromatic rings. The number of nitrogens with one attached hydrogen (secondary N) is 2. The molecule has 2 aromatic carbocycles. The maximum absolute atomic E-state index is 13.0. The van der Waals surface area contributed by atoms with Crippen molar-refractivity contribution < 1.29 is 23.5 Å². The fourth-order valence-electron chi connectivity index (χ4n) is 2.93. The van der Waals surface area contributed by atoms with Gasteiger partial charge in [0.2, 0.25) is 0 Å². The number of rotatable bonds is 6. The number of hydrogen-bond donors (Lipinski definition) is 2. The number of allylic oxidation sites excluding steroid dienone is 1. The van der Waals surface area contributed by atoms with Crippen molar-refractivity contribution in [2.45, 2.75) is 26.5 Å². The molecule has 6 nitrogen and oxygen atoms in total. The van der Waals surface area contributed by atoms with E-state index in [-0.39, 0.29) is 18.5 Å². The van der Waals surface area contributed by atoms with Gasteiger partial charge in [-0.05, 0) is 49.2 Å². The fourth-order valence-corrected chi connectivity index (χ4v) is 2.93. The summed E-state index contributed by atoms with van der Waals surface area (Å²) in [6.45, 7) is 3.94. The molecule has 0 saturated carbocycles. The second-order valence-corrected chi connectivity index (χ2v) is 6.27. The summed E-state index contributed by atoms with van der Waals surface area (Å²) in [5.41, 5.74) is 2.40. The van der Waals surface area contributed by atoms with Gasteiger partial charge in [0.1, 0.15) is 18.2 Å². The number of esters is 1. The zero-order chi connectivity index (χ0) is 20.1. The number of carbonyl (C=O) groups is 2. The molecule has 1 atom stereocenters. The maximum Gasteiger partial charge on any atom is 0.338 e. The first kappa shape index (κ1) is 19.4. The van der Waals surface area contributed by atoms with Crippen molar-refractivity contribution in [2.24, 2.45) is 0 Å². The summed E-state index contributed by atoms with van der Waals surface area (Å²) in [5, 5.41) is 5.35. The summed E-state index contributed by atoms with van der Waals surface area (Å²) in [6, 6.07) is 12.2. The van der Waals surface area contributed by atoms with Crippen LogP contribution in [0.2, 0.25) is 0 Å². The van der Waals surface area contributed by atoms with Gasteiger partial charge >= 0.3 is 12.0 Å². The van der Waals surface area contributed by atoms with Crippen molar-refractivity contribution in [1.82, 2.24) is 10.6 Å². The SMILES string of the molecule is CCOC(=O)C1=C(C)NC(=O)N[C@H]1c1ccc(OCc2ccc(F)cc2)cc1. The molecule has 146 valence electrons. The Balaban J connectivity index is 1.75. The van der Waals surface area contributed by atoms with E-state index in [1.165, 1.54) is 12.1 Å². The van der Waals surface area contributed by atoms with Crippen LogP contribution in [0.1, 0.15) is 31.0 Å². The minimum atomic E-state index is -0.612. The molecule has 0 saturated heterocycles. The summed E-state index contributed by atoms with van der Waals surface area (Å²) in [7, 11) is 0. The Morgan fingerprint density at radius 2 is 1.79 bits per heavy atom. The molecular formula is C21H21FN2O4. The van der Waals surface area contributed by atoms with E-state index in [2.05, 4.69) is 10.6 Å². The lowest BCUT2D eigenvalue weighted by molar-refractivity contribution is -0.139. The van der Waals surface area contributed by atoms with Crippen LogP contribution in [0.25, 0.3) is 0 Å². The molecule has 0 bridgehead atoms. The molecule has 0 fully saturated rings. The molecule has 0 unspecified atom stereocenters. The second-order valence-electron chi connectivity index (χ2n) is 6.27. The Bertz CT molecular complexity index is 892. The number of ether oxygens (including phenoxy) is 2. The molecule has 1 heterocycles. The average molecular weight is 384 g/mol. The third-order valence-electron chi connectivity index (χ3n) is 4.30. The van der Waals surface area contributed by atoms with E-state index in [1.54, 1.807) is 50.2 Å². The molecule has 0 radical (unpaired) electrons. The predicted octanol–water partition coefficient (Wildman–Crippen LogP) is 3.60. The Hall–Kier alpha value is -3.35. The van der Waals surface area contributed by atoms with E-state index in [9.17, 15) is 14.0 Å². The molecule has 28 heavy (non-hydrogen) atoms. The van der Waals surface area contributed by atoms with Gasteiger partial charge in [-0.1, -0.05) is 24.3 Å². The number of urea groups is 1. The molecule has 1 aliphatic rings. The quantitative estimate of drug-likeness (QED) is 0.746. The van der Waals surface area contributed by atoms with Crippen LogP contribution < -0.4 is 15.4 Å². The maximum atomic E-state index is 13.0. The molecule has 0 spiro atoms. The van der Waals surface area contributed by atoms with Gasteiger partial charge in [-0.15, -0.1) is 0 Å². The predicted molar refractivity (Wildman–Crippen MR) is 101 cm³/mol. The molecule has 2 amide bonds. The normalized spacial score (nSPS) is 16.2. The van der Waals surface area contributed by atoms with Crippen LogP contribution in [0.4, 0.5) is 9.18 Å². The van der Waals surface area contributed by atoms with Gasteiger partial charge in [-0.25, -0.2) is 14.0 Å². The van der Waals surface area contributed by atoms with Crippen LogP contribution in [0.5, 0.6) is 5.75 Å². The molecule has 3 rings (SSSR count). The summed E-state index contributed by atoms with van der Waals surface area (Å²) in [6.07, 6.45) is 0. The third-order valence-corrected chi connectivity index (χ3v) is 4.30. The number of carbonyl (C=O) groups excluding carboxylic acids is 2. The lowest BCUT2D eigenvalue weighted by atomic mass is 9.95. The highest BCUT2D eigenvalue weighted by atomic mass is 19.1. The summed E-state index contributed by atoms with van der Waals surface area (Å²) < 4.78 is 23.8. The second kappa shape index (κ2) is 8.56. The summed E-state index contributed by atoms with van der Waals surface area (Å²) in [5.74, 6) is -0.154. The van der Waals surface area contributed by atoms with Gasteiger partial charge in [-0.2, -0.15) is 0 Å². The van der Waals surface area contributed by atoms with Crippen molar-refractivity contribution in [1.29, 1.82) is 0 Å². The topological polar surface area (TPSA) is 76.7 Å². The van der Waals surface area contributed by atoms with Gasteiger partial charge in [0.25, 0.3) is 0 Å². The van der Waals surface area contributed by atoms with Crippen molar-refractivity contribution >= 4 is 12.0 Å². The summed E-state index contributed by atoms with van der Waals surface area (Å²) in [4.78, 5) is 24.2. The van der Waals surface area contributed by atoms with Crippen LogP contribution >= 0.6 is 0 Å². The van der Waals surface area contributed by atoms with Crippen molar-refractivity contribution in [3.63, 3.8) is 0 Å². The van der Waals surface area contributed by atoms with Crippen LogP contribution in [-0.4, -0.2) is 18.6 Å². The average Bonchev–Trinajstić information content (AvgIpc) is 2.67. The van der Waals surface area contributed by atoms with E-state index in [1.807, 2.05) is 0 Å². The highest BCUT2D eigenvalue weighted by molar-refractivity contribution is 5.95. The van der Waals surface area contributed by atoms with Crippen molar-refractivity contribution in [3.8, 4) is 5.75 Å². The highest BCUT2D eigenvalue weighted by Crippen LogP contribution is 2.29. The molecule has 0 aliphatic carbocycles. The van der Waals surface area contributed by atoms with Gasteiger partial charge < -0.3 is 20.1 Å². The molecule has 7 heteroatoms. The monoisotopic (exact) mass is 384 g/mol. The van der Waals surface area contributed by atoms with E-state index in [0.29, 0.717) is 23.6 Å². The van der Waals surface area contributed by atoms with Crippen LogP contribution in [-0.2, 0) is 16.1 Å². The number of halogens is 1. The van der Waals surface area contributed by atoms with E-state index in [0.717, 1.165) is 11.1 Å². The Morgan fingerprint density at radius 1 is 1.11 bits per heavy atom.